The topological polar surface area (TPSA) is 719 Å². The fourth-order valence-corrected chi connectivity index (χ4v) is 13.0. The number of carbonyl (C=O) groups excluding carboxylic acids is 16. The van der Waals surface area contributed by atoms with E-state index < -0.39 is 267 Å². The Morgan fingerprint density at radius 1 is 0.480 bits per heavy atom. The van der Waals surface area contributed by atoms with Crippen LogP contribution < -0.4 is 91.6 Å². The molecule has 1 aliphatic heterocycles. The van der Waals surface area contributed by atoms with Gasteiger partial charge >= 0.3 is 11.9 Å². The van der Waals surface area contributed by atoms with Gasteiger partial charge in [-0.3, -0.25) is 81.5 Å². The lowest BCUT2D eigenvalue weighted by molar-refractivity contribution is -0.145. The first-order valence-electron chi connectivity index (χ1n) is 40.2. The number of carbonyl (C=O) groups is 18. The van der Waals surface area contributed by atoms with Crippen molar-refractivity contribution in [2.45, 2.75) is 248 Å². The molecule has 0 saturated carbocycles. The first-order valence-corrected chi connectivity index (χ1v) is 41.6. The van der Waals surface area contributed by atoms with Crippen molar-refractivity contribution in [3.63, 3.8) is 0 Å². The zero-order valence-corrected chi connectivity index (χ0v) is 71.0. The third kappa shape index (κ3) is 36.8. The normalized spacial score (nSPS) is 16.6. The van der Waals surface area contributed by atoms with Crippen molar-refractivity contribution >= 4 is 118 Å². The van der Waals surface area contributed by atoms with Crippen LogP contribution in [0.25, 0.3) is 0 Å². The molecule has 686 valence electrons. The summed E-state index contributed by atoms with van der Waals surface area (Å²) in [5.74, 6) is -20.6. The van der Waals surface area contributed by atoms with Crippen LogP contribution in [0.4, 0.5) is 0 Å². The Labute approximate surface area is 714 Å². The molecular weight excluding hydrogens is 1640 g/mol. The van der Waals surface area contributed by atoms with Crippen molar-refractivity contribution in [3.05, 3.63) is 65.7 Å². The Kier molecular flexibility index (Phi) is 46.2. The van der Waals surface area contributed by atoms with E-state index in [4.69, 9.17) is 17.2 Å². The smallest absolute Gasteiger partial charge is 0.328 e. The number of phenolic OH excluding ortho intramolecular Hbond substituents is 1. The maximum Gasteiger partial charge on any atom is 0.328 e. The van der Waals surface area contributed by atoms with Gasteiger partial charge < -0.3 is 137 Å². The van der Waals surface area contributed by atoms with E-state index in [1.165, 1.54) is 30.8 Å². The number of hydrogen-bond acceptors (Lipinski definition) is 27. The van der Waals surface area contributed by atoms with Gasteiger partial charge in [-0.05, 0) is 146 Å². The van der Waals surface area contributed by atoms with Crippen molar-refractivity contribution < 1.29 is 127 Å². The fourth-order valence-electron chi connectivity index (χ4n) is 12.5. The molecule has 44 nitrogen and oxygen atoms in total. The van der Waals surface area contributed by atoms with Gasteiger partial charge in [0.1, 0.15) is 84.3 Å². The van der Waals surface area contributed by atoms with E-state index in [9.17, 15) is 127 Å². The molecule has 1 aliphatic rings. The van der Waals surface area contributed by atoms with E-state index in [1.807, 2.05) is 0 Å². The van der Waals surface area contributed by atoms with Crippen molar-refractivity contribution in [1.29, 1.82) is 0 Å². The number of aromatic hydroxyl groups is 1. The minimum Gasteiger partial charge on any atom is -0.508 e. The molecule has 0 aromatic heterocycles. The zero-order valence-electron chi connectivity index (χ0n) is 70.2. The van der Waals surface area contributed by atoms with Gasteiger partial charge in [0.15, 0.2) is 6.04 Å². The van der Waals surface area contributed by atoms with Crippen LogP contribution in [-0.2, 0) is 99.1 Å². The molecule has 3 rings (SSSR count). The van der Waals surface area contributed by atoms with Gasteiger partial charge in [0.05, 0.1) is 44.1 Å². The first kappa shape index (κ1) is 106. The number of aliphatic hydroxyl groups excluding tert-OH is 5. The summed E-state index contributed by atoms with van der Waals surface area (Å²) in [7, 11) is 0. The molecule has 16 amide bonds. The molecule has 1 fully saturated rings. The molecule has 0 bridgehead atoms. The van der Waals surface area contributed by atoms with Crippen LogP contribution >= 0.6 is 11.8 Å². The Morgan fingerprint density at radius 2 is 0.935 bits per heavy atom. The van der Waals surface area contributed by atoms with E-state index in [-0.39, 0.29) is 88.3 Å². The molecule has 2 aromatic carbocycles. The Bertz CT molecular complexity index is 3920. The van der Waals surface area contributed by atoms with Gasteiger partial charge in [0.2, 0.25) is 94.5 Å². The van der Waals surface area contributed by atoms with E-state index >= 15 is 0 Å². The van der Waals surface area contributed by atoms with E-state index in [0.717, 1.165) is 25.7 Å². The summed E-state index contributed by atoms with van der Waals surface area (Å²) in [6.45, 7) is 7.91. The average molecular weight is 1760 g/mol. The molecule has 1 heterocycles. The number of rotatable bonds is 55. The van der Waals surface area contributed by atoms with Gasteiger partial charge in [0, 0.05) is 25.8 Å². The van der Waals surface area contributed by atoms with Crippen LogP contribution in [0.15, 0.2) is 54.6 Å². The van der Waals surface area contributed by atoms with Crippen molar-refractivity contribution in [2.75, 3.05) is 44.9 Å². The number of nitrogens with one attached hydrogen (secondary N) is 14. The van der Waals surface area contributed by atoms with Crippen LogP contribution in [-0.4, -0.2) is 306 Å². The van der Waals surface area contributed by atoms with Crippen molar-refractivity contribution in [2.24, 2.45) is 29.0 Å². The van der Waals surface area contributed by atoms with Gasteiger partial charge in [-0.15, -0.1) is 0 Å². The summed E-state index contributed by atoms with van der Waals surface area (Å²) in [5, 5.41) is 115. The number of phenols is 1. The van der Waals surface area contributed by atoms with Gasteiger partial charge in [-0.1, -0.05) is 70.2 Å². The number of amides is 16. The highest BCUT2D eigenvalue weighted by Gasteiger charge is 2.44. The summed E-state index contributed by atoms with van der Waals surface area (Å²) in [6.07, 6.45) is -6.29. The molecule has 123 heavy (non-hydrogen) atoms. The number of unbranched alkanes of at least 4 members (excludes halogenated alkanes) is 1. The molecule has 0 aliphatic carbocycles. The lowest BCUT2D eigenvalue weighted by atomic mass is 9.99. The molecule has 0 unspecified atom stereocenters. The number of nitrogens with two attached hydrogens (primary N) is 3. The van der Waals surface area contributed by atoms with Crippen molar-refractivity contribution in [3.8, 4) is 5.75 Å². The van der Waals surface area contributed by atoms with Gasteiger partial charge in [-0.2, -0.15) is 11.8 Å². The highest BCUT2D eigenvalue weighted by atomic mass is 32.2. The molecule has 1 saturated heterocycles. The predicted molar refractivity (Wildman–Crippen MR) is 441 cm³/mol. The molecular formula is C78H122N18O26S. The summed E-state index contributed by atoms with van der Waals surface area (Å²) in [5.41, 5.74) is 18.4. The molecule has 28 N–H and O–H groups in total. The molecule has 45 heteroatoms. The lowest BCUT2D eigenvalue weighted by Crippen LogP contribution is -2.63. The second-order valence-corrected chi connectivity index (χ2v) is 31.6. The minimum atomic E-state index is -2.05. The molecule has 0 radical (unpaired) electrons. The second-order valence-electron chi connectivity index (χ2n) is 30.6. The molecule has 0 spiro atoms. The van der Waals surface area contributed by atoms with E-state index in [0.29, 0.717) is 11.1 Å². The Balaban J connectivity index is 1.82. The third-order valence-electron chi connectivity index (χ3n) is 19.5. The average Bonchev–Trinajstić information content (AvgIpc) is 1.71. The second kappa shape index (κ2) is 53.6. The number of benzene rings is 2. The highest BCUT2D eigenvalue weighted by Crippen LogP contribution is 2.22. The SMILES string of the molecule is CSCC[C@H](NC(=O)[C@H](Cc1ccccc1)NC(=O)CNC(=O)[C@@H](C)NC(=O)[C@@H](N)Cc1ccc(O)cc1)C(=O)N[C@H](C(=O)N[C@@H](CO)C(=O)N[C@@H](CCC(=O)O)C(=O)N[C@@H](CCCCN)C(=O)N[C@@H](CO)C(=O)N[C@@H](CCC(N)=O)C(=O)N[C@H](C(=O)N1CCC[C@H]1C(=O)N[C@@H](CC(C)C)C(=O)N[C@H](C(=O)N[C@H](C(=O)O)[C@@H](C)O)C(C)C)[C@@H](C)O)[C@@H](C)O. The molecule has 18 atom stereocenters. The third-order valence-corrected chi connectivity index (χ3v) is 20.1. The quantitative estimate of drug-likeness (QED) is 0.0274. The number of carboxylic acid groups (broad SMARTS) is 2. The van der Waals surface area contributed by atoms with Crippen LogP contribution in [0, 0.1) is 11.8 Å². The van der Waals surface area contributed by atoms with Crippen LogP contribution in [0.5, 0.6) is 5.75 Å². The Morgan fingerprint density at radius 3 is 1.43 bits per heavy atom. The summed E-state index contributed by atoms with van der Waals surface area (Å²) < 4.78 is 0. The van der Waals surface area contributed by atoms with Crippen LogP contribution in [0.1, 0.15) is 137 Å². The fraction of sp³-hybridized carbons (Fsp3) is 0.615. The monoisotopic (exact) mass is 1760 g/mol. The number of aliphatic hydroxyl groups is 5. The highest BCUT2D eigenvalue weighted by molar-refractivity contribution is 7.98. The van der Waals surface area contributed by atoms with Crippen molar-refractivity contribution in [1.82, 2.24) is 79.3 Å². The number of carboxylic acids is 2. The summed E-state index contributed by atoms with van der Waals surface area (Å²) in [6, 6.07) is -10.2. The number of thioether (sulfide) groups is 1. The Hall–Kier alpha value is -11.2. The standard InChI is InChI=1S/C78H122N18O26S/c1-38(2)32-52(71(114)92-60(39(3)4)75(118)95-63(43(8)101)78(121)122)89-74(117)56-19-15-30-96(56)77(120)62(42(7)100)94-68(111)49(24-26-57(81)103)86-72(115)54(36-97)90-66(109)48(18-13-14-29-79)85-67(110)50(25-27-59(105)106)87-73(116)55(37-98)91-76(119)61(41(6)99)93-69(112)51(28-31-123-9)88-70(113)53(34-44-16-11-10-12-17-44)84-58(104)35-82-64(107)40(5)83-65(108)47(80)33-45-20-22-46(102)23-21-45/h10-12,16-17,20-23,38-43,47-56,60-63,97-102H,13-15,18-19,24-37,79-80H2,1-9H3,(H2,81,103)(H,82,107)(H,83,108)(H,84,104)(H,85,110)(H,86,115)(H,87,116)(H,88,113)(H,89,117)(H,90,109)(H,91,119)(H,92,114)(H,93,112)(H,94,111)(H,95,118)(H,105,106)(H,121,122)/t40-,41-,42-,43-,47+,48+,49+,50+,51+,52+,53+,54+,55+,56+,60+,61+,62+,63+/m1/s1. The molecule has 2 aromatic rings. The number of hydrogen-bond donors (Lipinski definition) is 25. The van der Waals surface area contributed by atoms with E-state index in [1.54, 1.807) is 76.4 Å². The van der Waals surface area contributed by atoms with Crippen LogP contribution in [0.3, 0.4) is 0 Å². The number of primary amides is 1. The first-order chi connectivity index (χ1) is 57.9. The summed E-state index contributed by atoms with van der Waals surface area (Å²) in [4.78, 5) is 246. The minimum absolute atomic E-state index is 0.00247. The number of aliphatic carboxylic acids is 2. The number of nitrogens with zero attached hydrogens (tertiary/aromatic N) is 1. The predicted octanol–water partition coefficient (Wildman–Crippen LogP) is -8.14. The van der Waals surface area contributed by atoms with Crippen LogP contribution in [0.2, 0.25) is 0 Å². The largest absolute Gasteiger partial charge is 0.508 e. The van der Waals surface area contributed by atoms with Gasteiger partial charge in [0.25, 0.3) is 0 Å². The summed E-state index contributed by atoms with van der Waals surface area (Å²) >= 11 is 1.24. The maximum atomic E-state index is 14.4. The maximum absolute atomic E-state index is 14.4. The van der Waals surface area contributed by atoms with Gasteiger partial charge in [-0.25, -0.2) is 4.79 Å². The number of likely N-dealkylation sites (tertiary alicyclic amines) is 1. The van der Waals surface area contributed by atoms with E-state index in [2.05, 4.69) is 74.4 Å². The zero-order chi connectivity index (χ0) is 92.7. The lowest BCUT2D eigenvalue weighted by Gasteiger charge is -2.32.